The van der Waals surface area contributed by atoms with Gasteiger partial charge < -0.3 is 5.32 Å². The molecule has 4 nitrogen and oxygen atoms in total. The molecule has 21 heavy (non-hydrogen) atoms. The minimum atomic E-state index is -4.07. The Labute approximate surface area is 138 Å². The zero-order valence-corrected chi connectivity index (χ0v) is 14.3. The van der Waals surface area contributed by atoms with Crippen LogP contribution in [0.3, 0.4) is 0 Å². The molecule has 1 aliphatic carbocycles. The molecular weight excluding hydrogens is 357 g/mol. The van der Waals surface area contributed by atoms with Crippen molar-refractivity contribution in [2.45, 2.75) is 31.1 Å². The van der Waals surface area contributed by atoms with E-state index >= 15 is 0 Å². The highest BCUT2D eigenvalue weighted by Gasteiger charge is 2.40. The molecule has 116 valence electrons. The van der Waals surface area contributed by atoms with Crippen LogP contribution in [0.1, 0.15) is 36.5 Å². The van der Waals surface area contributed by atoms with Crippen molar-refractivity contribution in [3.8, 4) is 0 Å². The van der Waals surface area contributed by atoms with Crippen LogP contribution in [0.25, 0.3) is 0 Å². The maximum absolute atomic E-state index is 12.1. The van der Waals surface area contributed by atoms with Crippen molar-refractivity contribution in [2.75, 3.05) is 6.54 Å². The van der Waals surface area contributed by atoms with Crippen molar-refractivity contribution in [3.05, 3.63) is 27.7 Å². The Morgan fingerprint density at radius 2 is 1.95 bits per heavy atom. The van der Waals surface area contributed by atoms with Crippen LogP contribution in [0.5, 0.6) is 0 Å². The second-order valence-corrected chi connectivity index (χ2v) is 8.56. The van der Waals surface area contributed by atoms with Gasteiger partial charge in [-0.3, -0.25) is 4.79 Å². The van der Waals surface area contributed by atoms with E-state index in [1.807, 2.05) is 0 Å². The SMILES string of the molecule is CCC1(CNC(=O)c2cc(Cl)c(Cl)c(S(=O)(=O)Cl)c2)CC1. The molecule has 1 saturated carbocycles. The number of amides is 1. The van der Waals surface area contributed by atoms with E-state index in [-0.39, 0.29) is 25.9 Å². The van der Waals surface area contributed by atoms with Crippen molar-refractivity contribution < 1.29 is 13.2 Å². The molecule has 0 radical (unpaired) electrons. The normalized spacial score (nSPS) is 16.6. The molecule has 1 aliphatic rings. The molecule has 1 N–H and O–H groups in total. The van der Waals surface area contributed by atoms with Gasteiger partial charge in [0.15, 0.2) is 0 Å². The predicted molar refractivity (Wildman–Crippen MR) is 83.8 cm³/mol. The topological polar surface area (TPSA) is 63.2 Å². The molecule has 0 unspecified atom stereocenters. The lowest BCUT2D eigenvalue weighted by Crippen LogP contribution is -2.30. The number of carbonyl (C=O) groups is 1. The maximum Gasteiger partial charge on any atom is 0.262 e. The highest BCUT2D eigenvalue weighted by molar-refractivity contribution is 8.13. The van der Waals surface area contributed by atoms with E-state index in [1.165, 1.54) is 6.07 Å². The minimum absolute atomic E-state index is 0.0276. The molecule has 1 aromatic carbocycles. The summed E-state index contributed by atoms with van der Waals surface area (Å²) in [6.45, 7) is 2.64. The van der Waals surface area contributed by atoms with Crippen molar-refractivity contribution in [1.82, 2.24) is 5.32 Å². The molecule has 0 saturated heterocycles. The first kappa shape index (κ1) is 16.9. The fourth-order valence-electron chi connectivity index (χ4n) is 2.07. The van der Waals surface area contributed by atoms with E-state index in [0.717, 1.165) is 25.3 Å². The van der Waals surface area contributed by atoms with Crippen LogP contribution in [-0.4, -0.2) is 20.9 Å². The van der Waals surface area contributed by atoms with Crippen LogP contribution in [0.4, 0.5) is 0 Å². The molecule has 2 rings (SSSR count). The summed E-state index contributed by atoms with van der Waals surface area (Å²) in [6, 6.07) is 2.47. The van der Waals surface area contributed by atoms with Gasteiger partial charge in [0.1, 0.15) is 4.90 Å². The number of nitrogens with one attached hydrogen (secondary N) is 1. The highest BCUT2D eigenvalue weighted by atomic mass is 35.7. The Balaban J connectivity index is 2.24. The Kier molecular flexibility index (Phi) is 4.78. The van der Waals surface area contributed by atoms with Crippen LogP contribution in [0.15, 0.2) is 17.0 Å². The Morgan fingerprint density at radius 1 is 1.33 bits per heavy atom. The Bertz CT molecular complexity index is 684. The molecule has 0 aromatic heterocycles. The van der Waals surface area contributed by atoms with Crippen LogP contribution < -0.4 is 5.32 Å². The van der Waals surface area contributed by atoms with Crippen LogP contribution >= 0.6 is 33.9 Å². The van der Waals surface area contributed by atoms with Gasteiger partial charge in [0, 0.05) is 22.8 Å². The molecule has 0 aliphatic heterocycles. The fourth-order valence-corrected chi connectivity index (χ4v) is 3.84. The fraction of sp³-hybridized carbons (Fsp3) is 0.462. The van der Waals surface area contributed by atoms with Gasteiger partial charge in [-0.05, 0) is 36.8 Å². The van der Waals surface area contributed by atoms with Gasteiger partial charge >= 0.3 is 0 Å². The van der Waals surface area contributed by atoms with Crippen LogP contribution in [0.2, 0.25) is 10.0 Å². The summed E-state index contributed by atoms with van der Waals surface area (Å²) in [5.41, 5.74) is 0.309. The zero-order chi connectivity index (χ0) is 15.8. The van der Waals surface area contributed by atoms with Gasteiger partial charge in [-0.15, -0.1) is 0 Å². The monoisotopic (exact) mass is 369 g/mol. The summed E-state index contributed by atoms with van der Waals surface area (Å²) >= 11 is 11.7. The molecule has 1 aromatic rings. The average Bonchev–Trinajstić information content (AvgIpc) is 3.18. The third kappa shape index (κ3) is 3.83. The van der Waals surface area contributed by atoms with Gasteiger partial charge in [0.05, 0.1) is 10.0 Å². The van der Waals surface area contributed by atoms with Crippen molar-refractivity contribution in [3.63, 3.8) is 0 Å². The summed E-state index contributed by atoms with van der Waals surface area (Å²) in [5.74, 6) is -0.394. The van der Waals surface area contributed by atoms with E-state index in [2.05, 4.69) is 12.2 Å². The summed E-state index contributed by atoms with van der Waals surface area (Å²) in [7, 11) is 1.22. The van der Waals surface area contributed by atoms with E-state index in [9.17, 15) is 13.2 Å². The quantitative estimate of drug-likeness (QED) is 0.801. The van der Waals surface area contributed by atoms with Gasteiger partial charge in [-0.25, -0.2) is 8.42 Å². The van der Waals surface area contributed by atoms with Crippen molar-refractivity contribution in [2.24, 2.45) is 5.41 Å². The molecule has 0 heterocycles. The molecule has 8 heteroatoms. The van der Waals surface area contributed by atoms with E-state index in [4.69, 9.17) is 33.9 Å². The largest absolute Gasteiger partial charge is 0.351 e. The third-order valence-electron chi connectivity index (χ3n) is 3.85. The van der Waals surface area contributed by atoms with Gasteiger partial charge in [0.25, 0.3) is 15.0 Å². The molecule has 0 bridgehead atoms. The summed E-state index contributed by atoms with van der Waals surface area (Å²) in [4.78, 5) is 11.8. The highest BCUT2D eigenvalue weighted by Crippen LogP contribution is 2.47. The first-order chi connectivity index (χ1) is 9.68. The Morgan fingerprint density at radius 3 is 2.43 bits per heavy atom. The second-order valence-electron chi connectivity index (χ2n) is 5.24. The zero-order valence-electron chi connectivity index (χ0n) is 11.3. The van der Waals surface area contributed by atoms with E-state index < -0.39 is 15.0 Å². The maximum atomic E-state index is 12.1. The first-order valence-corrected chi connectivity index (χ1v) is 9.47. The van der Waals surface area contributed by atoms with Crippen molar-refractivity contribution >= 4 is 48.8 Å². The lowest BCUT2D eigenvalue weighted by atomic mass is 10.0. The summed E-state index contributed by atoms with van der Waals surface area (Å²) < 4.78 is 22.9. The average molecular weight is 371 g/mol. The van der Waals surface area contributed by atoms with Crippen LogP contribution in [0, 0.1) is 5.41 Å². The number of rotatable bonds is 5. The third-order valence-corrected chi connectivity index (χ3v) is 6.11. The Hall–Kier alpha value is -0.490. The van der Waals surface area contributed by atoms with E-state index in [1.54, 1.807) is 0 Å². The molecule has 0 atom stereocenters. The predicted octanol–water partition coefficient (Wildman–Crippen LogP) is 3.84. The standard InChI is InChI=1S/C13H14Cl3NO3S/c1-2-13(3-4-13)7-17-12(18)8-5-9(14)11(15)10(6-8)21(16,19)20/h5-6H,2-4,7H2,1H3,(H,17,18). The van der Waals surface area contributed by atoms with Gasteiger partial charge in [0.2, 0.25) is 0 Å². The van der Waals surface area contributed by atoms with Crippen LogP contribution in [-0.2, 0) is 9.05 Å². The first-order valence-electron chi connectivity index (χ1n) is 6.40. The number of benzene rings is 1. The lowest BCUT2D eigenvalue weighted by molar-refractivity contribution is 0.0944. The second kappa shape index (κ2) is 5.95. The number of hydrogen-bond donors (Lipinski definition) is 1. The summed E-state index contributed by atoms with van der Waals surface area (Å²) in [6.07, 6.45) is 3.18. The summed E-state index contributed by atoms with van der Waals surface area (Å²) in [5, 5.41) is 2.59. The van der Waals surface area contributed by atoms with Gasteiger partial charge in [-0.1, -0.05) is 30.1 Å². The number of halogens is 3. The van der Waals surface area contributed by atoms with Crippen molar-refractivity contribution in [1.29, 1.82) is 0 Å². The molecular formula is C13H14Cl3NO3S. The molecule has 1 fully saturated rings. The minimum Gasteiger partial charge on any atom is -0.351 e. The smallest absolute Gasteiger partial charge is 0.262 e. The molecule has 0 spiro atoms. The van der Waals surface area contributed by atoms with E-state index in [0.29, 0.717) is 6.54 Å². The molecule has 1 amide bonds. The van der Waals surface area contributed by atoms with Gasteiger partial charge in [-0.2, -0.15) is 0 Å². The number of carbonyl (C=O) groups excluding carboxylic acids is 1. The number of hydrogen-bond acceptors (Lipinski definition) is 3. The lowest BCUT2D eigenvalue weighted by Gasteiger charge is -2.14.